The van der Waals surface area contributed by atoms with Gasteiger partial charge in [0, 0.05) is 18.2 Å². The van der Waals surface area contributed by atoms with Crippen molar-refractivity contribution in [1.29, 1.82) is 0 Å². The third kappa shape index (κ3) is 3.19. The van der Waals surface area contributed by atoms with Crippen molar-refractivity contribution < 1.29 is 9.47 Å². The Bertz CT molecular complexity index is 661. The predicted molar refractivity (Wildman–Crippen MR) is 83.3 cm³/mol. The lowest BCUT2D eigenvalue weighted by molar-refractivity contribution is 0.297. The minimum atomic E-state index is 0.227. The molecule has 3 rings (SSSR count). The summed E-state index contributed by atoms with van der Waals surface area (Å²) in [6.45, 7) is 1.32. The maximum atomic E-state index is 5.64. The van der Waals surface area contributed by atoms with Gasteiger partial charge >= 0.3 is 0 Å². The molecule has 0 saturated heterocycles. The average Bonchev–Trinajstić information content (AvgIpc) is 2.72. The summed E-state index contributed by atoms with van der Waals surface area (Å²) in [6, 6.07) is 5.65. The molecular weight excluding hydrogens is 288 g/mol. The summed E-state index contributed by atoms with van der Waals surface area (Å²) >= 11 is 4.84. The molecule has 0 spiro atoms. The Hall–Kier alpha value is -2.41. The normalized spacial score (nSPS) is 13.3. The number of nitrogens with zero attached hydrogens (tertiary/aromatic N) is 2. The molecule has 3 N–H and O–H groups in total. The van der Waals surface area contributed by atoms with Crippen molar-refractivity contribution in [2.75, 3.05) is 18.5 Å². The summed E-state index contributed by atoms with van der Waals surface area (Å²) in [4.78, 5) is 8.57. The third-order valence-electron chi connectivity index (χ3n) is 2.92. The predicted octanol–water partition coefficient (Wildman–Crippen LogP) is 2.02. The molecule has 0 amide bonds. The minimum absolute atomic E-state index is 0.227. The van der Waals surface area contributed by atoms with Crippen LogP contribution in [-0.4, -0.2) is 28.2 Å². The van der Waals surface area contributed by atoms with E-state index in [1.165, 1.54) is 6.20 Å². The lowest BCUT2D eigenvalue weighted by atomic mass is 10.2. The van der Waals surface area contributed by atoms with E-state index < -0.39 is 0 Å². The average molecular weight is 302 g/mol. The fourth-order valence-electron chi connectivity index (χ4n) is 1.91. The van der Waals surface area contributed by atoms with Crippen LogP contribution in [0.5, 0.6) is 11.5 Å². The summed E-state index contributed by atoms with van der Waals surface area (Å²) in [5.41, 5.74) is 6.82. The molecule has 1 aromatic carbocycles. The molecule has 2 aromatic rings. The fourth-order valence-corrected chi connectivity index (χ4v) is 2.01. The first-order valence-corrected chi connectivity index (χ1v) is 6.92. The number of nitrogens with two attached hydrogens (primary N) is 1. The molecule has 21 heavy (non-hydrogen) atoms. The van der Waals surface area contributed by atoms with Gasteiger partial charge in [0.15, 0.2) is 11.5 Å². The number of ether oxygens (including phenoxy) is 2. The number of fused-ring (bicyclic) bond motifs is 1. The molecule has 0 atom stereocenters. The zero-order chi connectivity index (χ0) is 14.7. The molecule has 1 aliphatic heterocycles. The first kappa shape index (κ1) is 13.6. The molecule has 1 aromatic heterocycles. The van der Waals surface area contributed by atoms with Gasteiger partial charge in [-0.05, 0) is 12.1 Å². The van der Waals surface area contributed by atoms with Crippen LogP contribution in [0.25, 0.3) is 0 Å². The highest BCUT2D eigenvalue weighted by Crippen LogP contribution is 2.32. The second-order valence-electron chi connectivity index (χ2n) is 4.49. The Morgan fingerprint density at radius 3 is 2.67 bits per heavy atom. The van der Waals surface area contributed by atoms with E-state index in [1.807, 2.05) is 18.2 Å². The van der Waals surface area contributed by atoms with Crippen LogP contribution in [0.1, 0.15) is 12.1 Å². The van der Waals surface area contributed by atoms with Crippen molar-refractivity contribution >= 4 is 28.7 Å². The van der Waals surface area contributed by atoms with Crippen molar-refractivity contribution in [3.8, 4) is 11.5 Å². The Kier molecular flexibility index (Phi) is 3.83. The van der Waals surface area contributed by atoms with Gasteiger partial charge in [-0.25, -0.2) is 9.97 Å². The fraction of sp³-hybridized carbons (Fsp3) is 0.214. The van der Waals surface area contributed by atoms with Gasteiger partial charge in [-0.15, -0.1) is 0 Å². The first-order chi connectivity index (χ1) is 10.2. The van der Waals surface area contributed by atoms with Crippen molar-refractivity contribution in [2.45, 2.75) is 6.42 Å². The Balaban J connectivity index is 1.78. The molecule has 7 heteroatoms. The van der Waals surface area contributed by atoms with Gasteiger partial charge in [-0.1, -0.05) is 12.2 Å². The Labute approximate surface area is 127 Å². The molecule has 108 valence electrons. The van der Waals surface area contributed by atoms with E-state index in [2.05, 4.69) is 15.3 Å². The second-order valence-corrected chi connectivity index (χ2v) is 4.93. The van der Waals surface area contributed by atoms with Crippen LogP contribution in [-0.2, 0) is 0 Å². The van der Waals surface area contributed by atoms with Crippen LogP contribution in [0.4, 0.5) is 11.5 Å². The summed E-state index contributed by atoms with van der Waals surface area (Å²) < 4.78 is 11.2. The molecular formula is C14H14N4O2S. The summed E-state index contributed by atoms with van der Waals surface area (Å²) in [5, 5.41) is 3.15. The zero-order valence-corrected chi connectivity index (χ0v) is 12.0. The molecule has 1 aliphatic rings. The highest BCUT2D eigenvalue weighted by atomic mass is 32.1. The molecule has 0 bridgehead atoms. The largest absolute Gasteiger partial charge is 0.490 e. The zero-order valence-electron chi connectivity index (χ0n) is 11.2. The van der Waals surface area contributed by atoms with Crippen LogP contribution in [0.2, 0.25) is 0 Å². The second kappa shape index (κ2) is 5.92. The van der Waals surface area contributed by atoms with Gasteiger partial charge in [-0.3, -0.25) is 0 Å². The van der Waals surface area contributed by atoms with E-state index in [1.54, 1.807) is 6.20 Å². The highest BCUT2D eigenvalue weighted by molar-refractivity contribution is 7.80. The van der Waals surface area contributed by atoms with Gasteiger partial charge in [0.25, 0.3) is 0 Å². The third-order valence-corrected chi connectivity index (χ3v) is 3.13. The van der Waals surface area contributed by atoms with E-state index in [4.69, 9.17) is 27.4 Å². The Morgan fingerprint density at radius 1 is 1.14 bits per heavy atom. The van der Waals surface area contributed by atoms with Crippen LogP contribution in [0, 0.1) is 0 Å². The molecule has 0 saturated carbocycles. The lowest BCUT2D eigenvalue weighted by Gasteiger charge is -2.10. The number of rotatable bonds is 3. The Morgan fingerprint density at radius 2 is 1.95 bits per heavy atom. The number of benzene rings is 1. The van der Waals surface area contributed by atoms with E-state index in [0.29, 0.717) is 24.7 Å². The van der Waals surface area contributed by atoms with E-state index >= 15 is 0 Å². The minimum Gasteiger partial charge on any atom is -0.490 e. The number of nitrogens with one attached hydrogen (secondary N) is 1. The van der Waals surface area contributed by atoms with Gasteiger partial charge in [0.05, 0.1) is 25.6 Å². The monoisotopic (exact) mass is 302 g/mol. The van der Waals surface area contributed by atoms with Crippen LogP contribution >= 0.6 is 12.2 Å². The van der Waals surface area contributed by atoms with E-state index in [9.17, 15) is 0 Å². The molecule has 0 radical (unpaired) electrons. The van der Waals surface area contributed by atoms with Crippen LogP contribution in [0.15, 0.2) is 30.6 Å². The van der Waals surface area contributed by atoms with E-state index in [0.717, 1.165) is 23.6 Å². The standard InChI is InChI=1S/C14H14N4O2S/c15-14(21)10-7-17-13(8-16-10)18-9-2-3-11-12(6-9)20-5-1-4-19-11/h2-3,6-8H,1,4-5H2,(H2,15,21)(H,17,18). The van der Waals surface area contributed by atoms with Gasteiger partial charge in [0.2, 0.25) is 0 Å². The van der Waals surface area contributed by atoms with Crippen molar-refractivity contribution in [1.82, 2.24) is 9.97 Å². The number of thiocarbonyl (C=S) groups is 1. The van der Waals surface area contributed by atoms with Crippen molar-refractivity contribution in [3.05, 3.63) is 36.3 Å². The maximum Gasteiger partial charge on any atom is 0.163 e. The first-order valence-electron chi connectivity index (χ1n) is 6.51. The number of aromatic nitrogens is 2. The quantitative estimate of drug-likeness (QED) is 0.839. The smallest absolute Gasteiger partial charge is 0.163 e. The van der Waals surface area contributed by atoms with Gasteiger partial charge < -0.3 is 20.5 Å². The molecule has 0 fully saturated rings. The highest BCUT2D eigenvalue weighted by Gasteiger charge is 2.11. The molecule has 2 heterocycles. The summed E-state index contributed by atoms with van der Waals surface area (Å²) in [7, 11) is 0. The summed E-state index contributed by atoms with van der Waals surface area (Å²) in [6.07, 6.45) is 3.99. The van der Waals surface area contributed by atoms with E-state index in [-0.39, 0.29) is 4.99 Å². The maximum absolute atomic E-state index is 5.64. The number of anilines is 2. The number of hydrogen-bond donors (Lipinski definition) is 2. The topological polar surface area (TPSA) is 82.3 Å². The van der Waals surface area contributed by atoms with Crippen molar-refractivity contribution in [2.24, 2.45) is 5.73 Å². The molecule has 0 aliphatic carbocycles. The van der Waals surface area contributed by atoms with Crippen molar-refractivity contribution in [3.63, 3.8) is 0 Å². The lowest BCUT2D eigenvalue weighted by Crippen LogP contribution is -2.12. The molecule has 0 unspecified atom stereocenters. The molecule has 6 nitrogen and oxygen atoms in total. The number of hydrogen-bond acceptors (Lipinski definition) is 6. The summed E-state index contributed by atoms with van der Waals surface area (Å²) in [5.74, 6) is 2.09. The van der Waals surface area contributed by atoms with Gasteiger partial charge in [-0.2, -0.15) is 0 Å². The van der Waals surface area contributed by atoms with Crippen LogP contribution in [0.3, 0.4) is 0 Å². The van der Waals surface area contributed by atoms with Gasteiger partial charge in [0.1, 0.15) is 16.5 Å². The van der Waals surface area contributed by atoms with Crippen LogP contribution < -0.4 is 20.5 Å². The SMILES string of the molecule is NC(=S)c1cnc(Nc2ccc3c(c2)OCCCO3)cn1.